The first kappa shape index (κ1) is 14.2. The summed E-state index contributed by atoms with van der Waals surface area (Å²) in [5.41, 5.74) is 1.23. The summed E-state index contributed by atoms with van der Waals surface area (Å²) >= 11 is 0. The average molecular weight is 272 g/mol. The van der Waals surface area contributed by atoms with Gasteiger partial charge < -0.3 is 10.2 Å². The zero-order valence-electron chi connectivity index (χ0n) is 11.2. The van der Waals surface area contributed by atoms with Gasteiger partial charge in [0, 0.05) is 25.2 Å². The second-order valence-electron chi connectivity index (χ2n) is 5.09. The van der Waals surface area contributed by atoms with Crippen LogP contribution in [0.15, 0.2) is 18.2 Å². The van der Waals surface area contributed by atoms with Crippen LogP contribution in [0.25, 0.3) is 0 Å². The summed E-state index contributed by atoms with van der Waals surface area (Å²) in [6, 6.07) is 4.09. The van der Waals surface area contributed by atoms with Crippen molar-refractivity contribution in [3.8, 4) is 0 Å². The summed E-state index contributed by atoms with van der Waals surface area (Å²) < 4.78 is 38.3. The van der Waals surface area contributed by atoms with Gasteiger partial charge in [0.2, 0.25) is 0 Å². The van der Waals surface area contributed by atoms with Crippen molar-refractivity contribution in [2.75, 3.05) is 32.1 Å². The minimum atomic E-state index is -4.26. The Morgan fingerprint density at radius 1 is 1.37 bits per heavy atom. The molecule has 1 aromatic carbocycles. The van der Waals surface area contributed by atoms with Crippen molar-refractivity contribution < 1.29 is 13.2 Å². The zero-order chi connectivity index (χ0) is 14.0. The molecule has 1 N–H and O–H groups in total. The van der Waals surface area contributed by atoms with Crippen LogP contribution in [0.3, 0.4) is 0 Å². The fourth-order valence-electron chi connectivity index (χ4n) is 2.70. The second kappa shape index (κ2) is 5.41. The van der Waals surface area contributed by atoms with Gasteiger partial charge in [0.1, 0.15) is 0 Å². The maximum absolute atomic E-state index is 12.8. The van der Waals surface area contributed by atoms with Crippen molar-refractivity contribution in [2.45, 2.75) is 24.9 Å². The van der Waals surface area contributed by atoms with Crippen LogP contribution in [0, 0.1) is 0 Å². The van der Waals surface area contributed by atoms with Crippen LogP contribution in [0.1, 0.15) is 29.9 Å². The molecule has 0 saturated carbocycles. The van der Waals surface area contributed by atoms with Crippen LogP contribution in [-0.2, 0) is 6.18 Å². The number of fused-ring (bicyclic) bond motifs is 1. The molecule has 2 nitrogen and oxygen atoms in total. The van der Waals surface area contributed by atoms with E-state index in [1.165, 1.54) is 12.1 Å². The molecule has 0 bridgehead atoms. The van der Waals surface area contributed by atoms with Crippen molar-refractivity contribution in [3.63, 3.8) is 0 Å². The predicted molar refractivity (Wildman–Crippen MR) is 70.6 cm³/mol. The van der Waals surface area contributed by atoms with E-state index in [-0.39, 0.29) is 5.92 Å². The number of anilines is 1. The summed E-state index contributed by atoms with van der Waals surface area (Å²) in [7, 11) is 3.82. The summed E-state index contributed by atoms with van der Waals surface area (Å²) in [6.07, 6.45) is -2.37. The van der Waals surface area contributed by atoms with Gasteiger partial charge in [-0.1, -0.05) is 0 Å². The van der Waals surface area contributed by atoms with Crippen LogP contribution < -0.4 is 10.2 Å². The van der Waals surface area contributed by atoms with Gasteiger partial charge in [-0.2, -0.15) is 13.2 Å². The van der Waals surface area contributed by atoms with E-state index in [4.69, 9.17) is 0 Å². The zero-order valence-corrected chi connectivity index (χ0v) is 11.2. The van der Waals surface area contributed by atoms with E-state index in [1.807, 2.05) is 19.0 Å². The molecule has 0 saturated heterocycles. The number of hydrogen-bond donors (Lipinski definition) is 1. The van der Waals surface area contributed by atoms with Crippen molar-refractivity contribution in [3.05, 3.63) is 29.3 Å². The average Bonchev–Trinajstić information content (AvgIpc) is 2.65. The van der Waals surface area contributed by atoms with E-state index < -0.39 is 11.7 Å². The second-order valence-corrected chi connectivity index (χ2v) is 5.09. The topological polar surface area (TPSA) is 15.3 Å². The first-order chi connectivity index (χ1) is 8.93. The van der Waals surface area contributed by atoms with Crippen LogP contribution in [0.5, 0.6) is 0 Å². The van der Waals surface area contributed by atoms with E-state index in [2.05, 4.69) is 5.32 Å². The fourth-order valence-corrected chi connectivity index (χ4v) is 2.70. The van der Waals surface area contributed by atoms with Gasteiger partial charge in [0.05, 0.1) is 5.56 Å². The number of alkyl halides is 3. The first-order valence-corrected chi connectivity index (χ1v) is 6.50. The Bertz CT molecular complexity index is 443. The minimum absolute atomic E-state index is 0.204. The highest BCUT2D eigenvalue weighted by molar-refractivity contribution is 5.61. The van der Waals surface area contributed by atoms with Crippen molar-refractivity contribution in [1.29, 1.82) is 0 Å². The highest BCUT2D eigenvalue weighted by Gasteiger charge is 2.34. The molecule has 1 unspecified atom stereocenters. The molecule has 1 aliphatic heterocycles. The Morgan fingerprint density at radius 3 is 2.74 bits per heavy atom. The highest BCUT2D eigenvalue weighted by Crippen LogP contribution is 2.41. The molecular weight excluding hydrogens is 253 g/mol. The van der Waals surface area contributed by atoms with Gasteiger partial charge in [0.25, 0.3) is 0 Å². The third-order valence-electron chi connectivity index (χ3n) is 3.68. The predicted octanol–water partition coefficient (Wildman–Crippen LogP) is 3.24. The number of halogens is 3. The smallest absolute Gasteiger partial charge is 0.374 e. The first-order valence-electron chi connectivity index (χ1n) is 6.50. The Kier molecular flexibility index (Phi) is 4.04. The van der Waals surface area contributed by atoms with Gasteiger partial charge >= 0.3 is 6.18 Å². The molecule has 0 amide bonds. The third-order valence-corrected chi connectivity index (χ3v) is 3.68. The molecule has 2 rings (SSSR count). The Balaban J connectivity index is 2.22. The van der Waals surface area contributed by atoms with Crippen LogP contribution in [-0.4, -0.2) is 27.2 Å². The van der Waals surface area contributed by atoms with E-state index in [0.29, 0.717) is 0 Å². The van der Waals surface area contributed by atoms with Gasteiger partial charge in [-0.15, -0.1) is 0 Å². The molecule has 1 heterocycles. The van der Waals surface area contributed by atoms with Gasteiger partial charge in [-0.25, -0.2) is 0 Å². The van der Waals surface area contributed by atoms with E-state index in [0.717, 1.165) is 37.2 Å². The number of benzene rings is 1. The van der Waals surface area contributed by atoms with Gasteiger partial charge in [-0.05, 0) is 50.2 Å². The van der Waals surface area contributed by atoms with Crippen LogP contribution in [0.4, 0.5) is 18.9 Å². The number of likely N-dealkylation sites (N-methyl/N-ethyl adjacent to an activating group) is 1. The number of nitrogens with one attached hydrogen (secondary N) is 1. The fraction of sp³-hybridized carbons (Fsp3) is 0.571. The van der Waals surface area contributed by atoms with Gasteiger partial charge in [-0.3, -0.25) is 0 Å². The summed E-state index contributed by atoms with van der Waals surface area (Å²) in [6.45, 7) is 1.70. The largest absolute Gasteiger partial charge is 0.416 e. The molecule has 5 heteroatoms. The summed E-state index contributed by atoms with van der Waals surface area (Å²) in [5.74, 6) is 0.204. The molecule has 1 aromatic rings. The lowest BCUT2D eigenvalue weighted by Crippen LogP contribution is -2.16. The lowest BCUT2D eigenvalue weighted by atomic mass is 9.94. The Labute approximate surface area is 111 Å². The SMILES string of the molecule is CNCCCC1CN(C)c2ccc(C(F)(F)F)cc21. The molecule has 0 aromatic heterocycles. The Hall–Kier alpha value is -1.23. The number of nitrogens with zero attached hydrogens (tertiary/aromatic N) is 1. The van der Waals surface area contributed by atoms with Crippen LogP contribution in [0.2, 0.25) is 0 Å². The minimum Gasteiger partial charge on any atom is -0.374 e. The molecule has 0 fully saturated rings. The summed E-state index contributed by atoms with van der Waals surface area (Å²) in [4.78, 5) is 2.04. The standard InChI is InChI=1S/C14H19F3N2/c1-18-7-3-4-10-9-19(2)13-6-5-11(8-12(10)13)14(15,16)17/h5-6,8,10,18H,3-4,7,9H2,1-2H3. The Morgan fingerprint density at radius 2 is 2.11 bits per heavy atom. The normalized spacial score (nSPS) is 18.8. The molecule has 1 aliphatic rings. The third kappa shape index (κ3) is 3.03. The van der Waals surface area contributed by atoms with Gasteiger partial charge in [0.15, 0.2) is 0 Å². The molecule has 19 heavy (non-hydrogen) atoms. The molecule has 0 spiro atoms. The van der Waals surface area contributed by atoms with Crippen LogP contribution >= 0.6 is 0 Å². The van der Waals surface area contributed by atoms with E-state index >= 15 is 0 Å². The maximum Gasteiger partial charge on any atom is 0.416 e. The van der Waals surface area contributed by atoms with Crippen molar-refractivity contribution in [2.24, 2.45) is 0 Å². The maximum atomic E-state index is 12.8. The quantitative estimate of drug-likeness (QED) is 0.846. The summed E-state index contributed by atoms with van der Waals surface area (Å²) in [5, 5.41) is 3.07. The molecule has 106 valence electrons. The lowest BCUT2D eigenvalue weighted by Gasteiger charge is -2.13. The van der Waals surface area contributed by atoms with E-state index in [9.17, 15) is 13.2 Å². The molecule has 0 radical (unpaired) electrons. The highest BCUT2D eigenvalue weighted by atomic mass is 19.4. The number of hydrogen-bond acceptors (Lipinski definition) is 2. The molecular formula is C14H19F3N2. The van der Waals surface area contributed by atoms with E-state index in [1.54, 1.807) is 6.07 Å². The lowest BCUT2D eigenvalue weighted by molar-refractivity contribution is -0.137. The van der Waals surface area contributed by atoms with Crippen molar-refractivity contribution >= 4 is 5.69 Å². The monoisotopic (exact) mass is 272 g/mol. The molecule has 0 aliphatic carbocycles. The molecule has 1 atom stereocenters. The van der Waals surface area contributed by atoms with Crippen molar-refractivity contribution in [1.82, 2.24) is 5.32 Å². The number of rotatable bonds is 4.